The summed E-state index contributed by atoms with van der Waals surface area (Å²) in [6, 6.07) is 61.4. The Morgan fingerprint density at radius 2 is 1.17 bits per heavy atom. The first kappa shape index (κ1) is 44.6. The quantitative estimate of drug-likeness (QED) is 0.160. The van der Waals surface area contributed by atoms with E-state index in [0.29, 0.717) is 0 Å². The zero-order chi connectivity index (χ0) is 43.2. The lowest BCUT2D eigenvalue weighted by molar-refractivity contribution is 1.16. The number of hydrogen-bond donors (Lipinski definition) is 1. The van der Waals surface area contributed by atoms with Gasteiger partial charge in [-0.05, 0) is 156 Å². The summed E-state index contributed by atoms with van der Waals surface area (Å²) >= 11 is 0. The van der Waals surface area contributed by atoms with E-state index < -0.39 is 0 Å². The molecule has 0 saturated carbocycles. The fourth-order valence-electron chi connectivity index (χ4n) is 7.91. The van der Waals surface area contributed by atoms with Crippen molar-refractivity contribution in [3.8, 4) is 22.3 Å². The molecule has 0 fully saturated rings. The largest absolute Gasteiger partial charge is 0.333 e. The number of hydrogen-bond acceptors (Lipinski definition) is 1. The molecule has 0 unspecified atom stereocenters. The van der Waals surface area contributed by atoms with E-state index in [2.05, 4.69) is 237 Å². The molecule has 0 aromatic heterocycles. The third-order valence-corrected chi connectivity index (χ3v) is 11.3. The van der Waals surface area contributed by atoms with Gasteiger partial charge in [-0.1, -0.05) is 187 Å². The second kappa shape index (κ2) is 21.5. The Bertz CT molecular complexity index is 2700. The van der Waals surface area contributed by atoms with Crippen LogP contribution in [0.3, 0.4) is 0 Å². The van der Waals surface area contributed by atoms with Crippen LogP contribution < -0.4 is 16.2 Å². The van der Waals surface area contributed by atoms with Crippen molar-refractivity contribution >= 4 is 23.3 Å². The van der Waals surface area contributed by atoms with Crippen molar-refractivity contribution in [3.63, 3.8) is 0 Å². The van der Waals surface area contributed by atoms with Gasteiger partial charge in [-0.25, -0.2) is 0 Å². The molecule has 0 heterocycles. The molecule has 7 aromatic rings. The van der Waals surface area contributed by atoms with Crippen molar-refractivity contribution in [3.05, 3.63) is 249 Å². The lowest BCUT2D eigenvalue weighted by atomic mass is 9.90. The summed E-state index contributed by atoms with van der Waals surface area (Å²) < 4.78 is 0. The lowest BCUT2D eigenvalue weighted by Gasteiger charge is -2.14. The summed E-state index contributed by atoms with van der Waals surface area (Å²) in [5, 5.41) is 2.17. The van der Waals surface area contributed by atoms with Gasteiger partial charge < -0.3 is 5.73 Å². The van der Waals surface area contributed by atoms with Gasteiger partial charge in [0.05, 0.1) is 0 Å². The zero-order valence-corrected chi connectivity index (χ0v) is 36.8. The minimum Gasteiger partial charge on any atom is -0.333 e. The van der Waals surface area contributed by atoms with Crippen molar-refractivity contribution in [1.29, 1.82) is 0 Å². The molecule has 0 amide bonds. The normalized spacial score (nSPS) is 11.7. The molecular weight excluding hydrogens is 723 g/mol. The Morgan fingerprint density at radius 1 is 0.550 bits per heavy atom. The number of rotatable bonds is 7. The van der Waals surface area contributed by atoms with Crippen LogP contribution in [0.4, 0.5) is 0 Å². The first-order valence-electron chi connectivity index (χ1n) is 20.9. The Labute approximate surface area is 360 Å². The summed E-state index contributed by atoms with van der Waals surface area (Å²) in [6.07, 6.45) is 2.06. The van der Waals surface area contributed by atoms with Crippen LogP contribution in [0, 0.1) is 6.92 Å². The van der Waals surface area contributed by atoms with Crippen LogP contribution in [-0.4, -0.2) is 7.05 Å². The van der Waals surface area contributed by atoms with E-state index in [9.17, 15) is 0 Å². The van der Waals surface area contributed by atoms with E-state index in [1.54, 1.807) is 0 Å². The lowest BCUT2D eigenvalue weighted by Crippen LogP contribution is -2.25. The maximum absolute atomic E-state index is 4.50. The molecule has 8 rings (SSSR count). The van der Waals surface area contributed by atoms with Crippen molar-refractivity contribution in [2.24, 2.45) is 5.73 Å². The van der Waals surface area contributed by atoms with Gasteiger partial charge in [0.2, 0.25) is 0 Å². The molecule has 60 heavy (non-hydrogen) atoms. The van der Waals surface area contributed by atoms with Gasteiger partial charge in [0.25, 0.3) is 0 Å². The Kier molecular flexibility index (Phi) is 15.9. The van der Waals surface area contributed by atoms with Crippen molar-refractivity contribution in [2.75, 3.05) is 7.05 Å². The van der Waals surface area contributed by atoms with Crippen LogP contribution in [0.15, 0.2) is 194 Å². The highest BCUT2D eigenvalue weighted by Gasteiger charge is 2.14. The Morgan fingerprint density at radius 3 is 1.87 bits per heavy atom. The summed E-state index contributed by atoms with van der Waals surface area (Å²) in [7, 11) is 1.50. The first-order chi connectivity index (χ1) is 29.2. The number of aryl methyl sites for hydroxylation is 1. The minimum absolute atomic E-state index is 0.906. The molecule has 1 aliphatic carbocycles. The first-order valence-corrected chi connectivity index (χ1v) is 20.9. The molecule has 0 atom stereocenters. The van der Waals surface area contributed by atoms with Crippen LogP contribution >= 0.6 is 0 Å². The predicted octanol–water partition coefficient (Wildman–Crippen LogP) is 13.8. The highest BCUT2D eigenvalue weighted by atomic mass is 14.4. The second-order valence-electron chi connectivity index (χ2n) is 15.5. The van der Waals surface area contributed by atoms with Gasteiger partial charge >= 0.3 is 0 Å². The van der Waals surface area contributed by atoms with E-state index in [-0.39, 0.29) is 0 Å². The van der Waals surface area contributed by atoms with Crippen molar-refractivity contribution < 1.29 is 0 Å². The highest BCUT2D eigenvalue weighted by Crippen LogP contribution is 2.32. The van der Waals surface area contributed by atoms with E-state index in [4.69, 9.17) is 0 Å². The highest BCUT2D eigenvalue weighted by molar-refractivity contribution is 5.83. The third kappa shape index (κ3) is 10.7. The van der Waals surface area contributed by atoms with Crippen LogP contribution in [0.5, 0.6) is 0 Å². The molecule has 2 N–H and O–H groups in total. The van der Waals surface area contributed by atoms with Crippen LogP contribution in [0.2, 0.25) is 0 Å². The number of nitrogens with two attached hydrogens (primary N) is 1. The monoisotopic (exact) mass is 783 g/mol. The average Bonchev–Trinajstić information content (AvgIpc) is 3.58. The Hall–Kier alpha value is -6.54. The van der Waals surface area contributed by atoms with Crippen LogP contribution in [0.1, 0.15) is 79.1 Å². The molecule has 7 aromatic carbocycles. The third-order valence-electron chi connectivity index (χ3n) is 11.3. The number of allylic oxidation sites excluding steroid dienone is 4. The van der Waals surface area contributed by atoms with Gasteiger partial charge in [0, 0.05) is 0 Å². The predicted molar refractivity (Wildman–Crippen MR) is 264 cm³/mol. The van der Waals surface area contributed by atoms with Gasteiger partial charge in [-0.2, -0.15) is 0 Å². The van der Waals surface area contributed by atoms with Crippen molar-refractivity contribution in [1.82, 2.24) is 0 Å². The van der Waals surface area contributed by atoms with Gasteiger partial charge in [0.1, 0.15) is 0 Å². The SMILES string of the molecule is C=C.C=c1cccc/c1=C(/c1ccc(-c2cc(C)cc(Cc3ccccc3C(C)=C(C)C)c2)cc1)c1cccc(-c2ccccc2)c1.CC1=C(C)c2ccccc2C1.CN. The molecule has 0 spiro atoms. The maximum Gasteiger partial charge on any atom is -0.00194 e. The molecule has 0 aliphatic heterocycles. The van der Waals surface area contributed by atoms with Crippen LogP contribution in [-0.2, 0) is 12.8 Å². The number of benzene rings is 7. The molecule has 302 valence electrons. The van der Waals surface area contributed by atoms with Crippen LogP contribution in [0.25, 0.3) is 45.6 Å². The molecule has 1 nitrogen and oxygen atoms in total. The minimum atomic E-state index is 0.906. The van der Waals surface area contributed by atoms with Gasteiger partial charge in [-0.15, -0.1) is 13.2 Å². The maximum atomic E-state index is 4.50. The molecule has 1 aliphatic rings. The molecule has 1 heteroatoms. The molecule has 0 saturated heterocycles. The van der Waals surface area contributed by atoms with E-state index in [0.717, 1.165) is 23.3 Å². The van der Waals surface area contributed by atoms with E-state index in [1.165, 1.54) is 102 Å². The number of fused-ring (bicyclic) bond motifs is 1. The topological polar surface area (TPSA) is 26.0 Å². The van der Waals surface area contributed by atoms with Crippen molar-refractivity contribution in [2.45, 2.75) is 54.4 Å². The summed E-state index contributed by atoms with van der Waals surface area (Å²) in [5.41, 5.74) is 26.9. The molecular formula is C59H61N. The fourth-order valence-corrected chi connectivity index (χ4v) is 7.91. The second-order valence-corrected chi connectivity index (χ2v) is 15.5. The molecule has 0 radical (unpaired) electrons. The summed E-state index contributed by atoms with van der Waals surface area (Å²) in [5.74, 6) is 0. The van der Waals surface area contributed by atoms with Gasteiger partial charge in [0.15, 0.2) is 0 Å². The van der Waals surface area contributed by atoms with E-state index >= 15 is 0 Å². The zero-order valence-electron chi connectivity index (χ0n) is 36.8. The fraction of sp³-hybridized carbons (Fsp3) is 0.153. The van der Waals surface area contributed by atoms with Gasteiger partial charge in [-0.3, -0.25) is 0 Å². The average molecular weight is 784 g/mol. The molecule has 0 bridgehead atoms. The van der Waals surface area contributed by atoms with E-state index in [1.807, 2.05) is 0 Å². The summed E-state index contributed by atoms with van der Waals surface area (Å²) in [6.45, 7) is 23.6. The summed E-state index contributed by atoms with van der Waals surface area (Å²) in [4.78, 5) is 0. The smallest absolute Gasteiger partial charge is 0.00194 e. The Balaban J connectivity index is 0.000000385. The standard InChI is InChI=1S/C45H40.C11H12.C2H4.CH5N/c1-31(2)34(5)44-21-12-10-17-40(44)28-35-26-32(3)27-42(29-35)37-22-24-38(25-23-37)45(43-20-11-9-14-33(43)4)41-19-13-18-39(30-41)36-15-7-6-8-16-36;1-8-7-10-5-3-4-6-11(10)9(8)2;2*1-2/h6-27,29-30H,4,28H2,1-3,5H3;3-6H,7H2,1-2H3;1-2H2;2H2,1H3/b45-43+;;;.